The standard InChI is InChI=1S/C13H20FNO/c1-9(6-10(2)15)7-11-8-12(14)4-5-13(11)16-3/h4-5,8-10H,6-7,15H2,1-3H3. The van der Waals surface area contributed by atoms with Gasteiger partial charge in [0.25, 0.3) is 0 Å². The van der Waals surface area contributed by atoms with Crippen molar-refractivity contribution in [2.45, 2.75) is 32.7 Å². The Morgan fingerprint density at radius 2 is 2.06 bits per heavy atom. The molecular weight excluding hydrogens is 205 g/mol. The molecule has 1 rings (SSSR count). The van der Waals surface area contributed by atoms with Crippen LogP contribution < -0.4 is 10.5 Å². The van der Waals surface area contributed by atoms with Crippen LogP contribution in [0.3, 0.4) is 0 Å². The quantitative estimate of drug-likeness (QED) is 0.836. The molecule has 0 aliphatic carbocycles. The van der Waals surface area contributed by atoms with Gasteiger partial charge in [0, 0.05) is 6.04 Å². The van der Waals surface area contributed by atoms with Crippen molar-refractivity contribution in [1.29, 1.82) is 0 Å². The van der Waals surface area contributed by atoms with Gasteiger partial charge in [-0.05, 0) is 49.4 Å². The van der Waals surface area contributed by atoms with Crippen molar-refractivity contribution in [2.24, 2.45) is 11.7 Å². The summed E-state index contributed by atoms with van der Waals surface area (Å²) in [5, 5.41) is 0. The van der Waals surface area contributed by atoms with Gasteiger partial charge in [-0.15, -0.1) is 0 Å². The SMILES string of the molecule is COc1ccc(F)cc1CC(C)CC(C)N. The van der Waals surface area contributed by atoms with E-state index in [9.17, 15) is 4.39 Å². The number of halogens is 1. The van der Waals surface area contributed by atoms with Crippen molar-refractivity contribution in [2.75, 3.05) is 7.11 Å². The van der Waals surface area contributed by atoms with Crippen LogP contribution in [0.2, 0.25) is 0 Å². The highest BCUT2D eigenvalue weighted by Crippen LogP contribution is 2.23. The second-order valence-electron chi connectivity index (χ2n) is 4.48. The molecule has 0 saturated carbocycles. The molecule has 0 bridgehead atoms. The average Bonchev–Trinajstić information content (AvgIpc) is 2.16. The van der Waals surface area contributed by atoms with Gasteiger partial charge in [0.2, 0.25) is 0 Å². The van der Waals surface area contributed by atoms with E-state index in [4.69, 9.17) is 10.5 Å². The minimum Gasteiger partial charge on any atom is -0.496 e. The summed E-state index contributed by atoms with van der Waals surface area (Å²) < 4.78 is 18.3. The molecular formula is C13H20FNO. The first-order valence-corrected chi connectivity index (χ1v) is 5.61. The van der Waals surface area contributed by atoms with E-state index in [0.29, 0.717) is 5.92 Å². The van der Waals surface area contributed by atoms with E-state index in [1.165, 1.54) is 12.1 Å². The molecule has 16 heavy (non-hydrogen) atoms. The second kappa shape index (κ2) is 5.85. The van der Waals surface area contributed by atoms with Crippen molar-refractivity contribution < 1.29 is 9.13 Å². The van der Waals surface area contributed by atoms with Crippen molar-refractivity contribution in [1.82, 2.24) is 0 Å². The topological polar surface area (TPSA) is 35.2 Å². The van der Waals surface area contributed by atoms with Crippen molar-refractivity contribution in [3.8, 4) is 5.75 Å². The van der Waals surface area contributed by atoms with Gasteiger partial charge < -0.3 is 10.5 Å². The van der Waals surface area contributed by atoms with Crippen LogP contribution in [0.1, 0.15) is 25.8 Å². The molecule has 0 saturated heterocycles. The number of rotatable bonds is 5. The number of ether oxygens (including phenoxy) is 1. The van der Waals surface area contributed by atoms with Gasteiger partial charge in [-0.1, -0.05) is 6.92 Å². The first-order chi connectivity index (χ1) is 7.52. The third-order valence-corrected chi connectivity index (χ3v) is 2.58. The van der Waals surface area contributed by atoms with Crippen molar-refractivity contribution in [3.63, 3.8) is 0 Å². The zero-order chi connectivity index (χ0) is 12.1. The van der Waals surface area contributed by atoms with E-state index < -0.39 is 0 Å². The first-order valence-electron chi connectivity index (χ1n) is 5.61. The Hall–Kier alpha value is -1.09. The number of hydrogen-bond acceptors (Lipinski definition) is 2. The number of benzene rings is 1. The molecule has 2 unspecified atom stereocenters. The molecule has 3 heteroatoms. The fourth-order valence-electron chi connectivity index (χ4n) is 2.00. The molecule has 0 aliphatic heterocycles. The third kappa shape index (κ3) is 3.81. The van der Waals surface area contributed by atoms with E-state index >= 15 is 0 Å². The fraction of sp³-hybridized carbons (Fsp3) is 0.538. The lowest BCUT2D eigenvalue weighted by atomic mass is 9.95. The predicted octanol–water partition coefficient (Wildman–Crippen LogP) is 2.75. The van der Waals surface area contributed by atoms with Gasteiger partial charge in [-0.3, -0.25) is 0 Å². The van der Waals surface area contributed by atoms with E-state index in [1.54, 1.807) is 13.2 Å². The Morgan fingerprint density at radius 1 is 1.38 bits per heavy atom. The summed E-state index contributed by atoms with van der Waals surface area (Å²) in [6, 6.07) is 4.80. The van der Waals surface area contributed by atoms with Crippen LogP contribution in [0, 0.1) is 11.7 Å². The van der Waals surface area contributed by atoms with Gasteiger partial charge in [-0.25, -0.2) is 4.39 Å². The van der Waals surface area contributed by atoms with E-state index in [-0.39, 0.29) is 11.9 Å². The molecule has 90 valence electrons. The maximum atomic E-state index is 13.1. The summed E-state index contributed by atoms with van der Waals surface area (Å²) in [6.07, 6.45) is 1.72. The normalized spacial score (nSPS) is 14.6. The minimum absolute atomic E-state index is 0.176. The predicted molar refractivity (Wildman–Crippen MR) is 64.1 cm³/mol. The summed E-state index contributed by atoms with van der Waals surface area (Å²) in [7, 11) is 1.60. The molecule has 0 aliphatic rings. The van der Waals surface area contributed by atoms with Crippen molar-refractivity contribution >= 4 is 0 Å². The van der Waals surface area contributed by atoms with Gasteiger partial charge >= 0.3 is 0 Å². The molecule has 2 nitrogen and oxygen atoms in total. The monoisotopic (exact) mass is 225 g/mol. The van der Waals surface area contributed by atoms with E-state index in [0.717, 1.165) is 24.2 Å². The van der Waals surface area contributed by atoms with Crippen LogP contribution in [0.25, 0.3) is 0 Å². The Balaban J connectivity index is 2.74. The Labute approximate surface area is 96.6 Å². The van der Waals surface area contributed by atoms with Gasteiger partial charge in [0.05, 0.1) is 7.11 Å². The lowest BCUT2D eigenvalue weighted by molar-refractivity contribution is 0.399. The third-order valence-electron chi connectivity index (χ3n) is 2.58. The van der Waals surface area contributed by atoms with Crippen LogP contribution in [0.15, 0.2) is 18.2 Å². The molecule has 0 fully saturated rings. The molecule has 1 aromatic rings. The van der Waals surface area contributed by atoms with Crippen LogP contribution in [0.5, 0.6) is 5.75 Å². The highest BCUT2D eigenvalue weighted by atomic mass is 19.1. The van der Waals surface area contributed by atoms with Gasteiger partial charge in [0.1, 0.15) is 11.6 Å². The highest BCUT2D eigenvalue weighted by molar-refractivity contribution is 5.34. The van der Waals surface area contributed by atoms with Crippen molar-refractivity contribution in [3.05, 3.63) is 29.6 Å². The Kier molecular flexibility index (Phi) is 4.74. The summed E-state index contributed by atoms with van der Waals surface area (Å²) in [6.45, 7) is 4.10. The summed E-state index contributed by atoms with van der Waals surface area (Å²) in [5.74, 6) is 0.956. The number of methoxy groups -OCH3 is 1. The molecule has 2 atom stereocenters. The maximum Gasteiger partial charge on any atom is 0.123 e. The molecule has 1 aromatic carbocycles. The first kappa shape index (κ1) is 13.0. The second-order valence-corrected chi connectivity index (χ2v) is 4.48. The average molecular weight is 225 g/mol. The molecule has 0 radical (unpaired) electrons. The van der Waals surface area contributed by atoms with Crippen LogP contribution >= 0.6 is 0 Å². The zero-order valence-corrected chi connectivity index (χ0v) is 10.2. The molecule has 0 amide bonds. The summed E-state index contributed by atoms with van der Waals surface area (Å²) in [4.78, 5) is 0. The van der Waals surface area contributed by atoms with E-state index in [2.05, 4.69) is 6.92 Å². The zero-order valence-electron chi connectivity index (χ0n) is 10.2. The molecule has 0 spiro atoms. The maximum absolute atomic E-state index is 13.1. The lowest BCUT2D eigenvalue weighted by Gasteiger charge is -2.16. The Morgan fingerprint density at radius 3 is 2.62 bits per heavy atom. The lowest BCUT2D eigenvalue weighted by Crippen LogP contribution is -2.19. The van der Waals surface area contributed by atoms with Crippen LogP contribution in [-0.2, 0) is 6.42 Å². The van der Waals surface area contributed by atoms with Gasteiger partial charge in [0.15, 0.2) is 0 Å². The molecule has 0 heterocycles. The molecule has 0 aromatic heterocycles. The number of hydrogen-bond donors (Lipinski definition) is 1. The van der Waals surface area contributed by atoms with Crippen LogP contribution in [0.4, 0.5) is 4.39 Å². The Bertz CT molecular complexity index is 339. The van der Waals surface area contributed by atoms with E-state index in [1.807, 2.05) is 6.92 Å². The van der Waals surface area contributed by atoms with Crippen LogP contribution in [-0.4, -0.2) is 13.2 Å². The fourth-order valence-corrected chi connectivity index (χ4v) is 2.00. The summed E-state index contributed by atoms with van der Waals surface area (Å²) >= 11 is 0. The summed E-state index contributed by atoms with van der Waals surface area (Å²) in [5.41, 5.74) is 6.65. The number of nitrogens with two attached hydrogens (primary N) is 1. The highest BCUT2D eigenvalue weighted by Gasteiger charge is 2.11. The molecule has 2 N–H and O–H groups in total. The minimum atomic E-state index is -0.219. The smallest absolute Gasteiger partial charge is 0.123 e. The largest absolute Gasteiger partial charge is 0.496 e. The van der Waals surface area contributed by atoms with Gasteiger partial charge in [-0.2, -0.15) is 0 Å².